The van der Waals surface area contributed by atoms with Crippen LogP contribution < -0.4 is 5.32 Å². The van der Waals surface area contributed by atoms with Gasteiger partial charge in [-0.05, 0) is 72.5 Å². The van der Waals surface area contributed by atoms with Gasteiger partial charge >= 0.3 is 7.60 Å². The number of halogens is 2. The van der Waals surface area contributed by atoms with Gasteiger partial charge in [-0.1, -0.05) is 62.6 Å². The van der Waals surface area contributed by atoms with Gasteiger partial charge in [-0.3, -0.25) is 4.57 Å². The average molecular weight is 470 g/mol. The first-order valence-corrected chi connectivity index (χ1v) is 13.0. The van der Waals surface area contributed by atoms with Crippen molar-refractivity contribution >= 4 is 19.2 Å². The Kier molecular flexibility index (Phi) is 10.2. The van der Waals surface area contributed by atoms with Crippen molar-refractivity contribution in [2.75, 3.05) is 12.7 Å². The Labute approximate surface area is 190 Å². The first-order valence-electron chi connectivity index (χ1n) is 10.9. The highest BCUT2D eigenvalue weighted by Gasteiger charge is 2.19. The predicted molar refractivity (Wildman–Crippen MR) is 126 cm³/mol. The Morgan fingerprint density at radius 3 is 2.39 bits per heavy atom. The molecule has 0 aliphatic rings. The minimum Gasteiger partial charge on any atom is -0.324 e. The quantitative estimate of drug-likeness (QED) is 0.241. The summed E-state index contributed by atoms with van der Waals surface area (Å²) >= 11 is 6.45. The summed E-state index contributed by atoms with van der Waals surface area (Å²) in [6.07, 6.45) is 5.63. The topological polar surface area (TPSA) is 69.6 Å². The molecule has 0 aliphatic carbocycles. The smallest absolute Gasteiger partial charge is 0.324 e. The van der Waals surface area contributed by atoms with E-state index < -0.39 is 7.60 Å². The molecule has 0 radical (unpaired) electrons. The van der Waals surface area contributed by atoms with Gasteiger partial charge in [0.05, 0.1) is 6.16 Å². The third kappa shape index (κ3) is 9.84. The monoisotopic (exact) mass is 469 g/mol. The summed E-state index contributed by atoms with van der Waals surface area (Å²) < 4.78 is 24.0. The maximum Gasteiger partial charge on any atom is 0.325 e. The van der Waals surface area contributed by atoms with Gasteiger partial charge in [-0.2, -0.15) is 0 Å². The van der Waals surface area contributed by atoms with Crippen LogP contribution in [0.2, 0.25) is 5.02 Å². The van der Waals surface area contributed by atoms with Gasteiger partial charge in [0.15, 0.2) is 0 Å². The fourth-order valence-electron chi connectivity index (χ4n) is 3.65. The molecule has 0 atom stereocenters. The normalized spacial score (nSPS) is 12.3. The Balaban J connectivity index is 1.69. The van der Waals surface area contributed by atoms with E-state index in [0.29, 0.717) is 19.5 Å². The van der Waals surface area contributed by atoms with Crippen LogP contribution in [0.15, 0.2) is 42.5 Å². The Morgan fingerprint density at radius 1 is 1.03 bits per heavy atom. The molecule has 0 spiro atoms. The molecule has 0 fully saturated rings. The lowest BCUT2D eigenvalue weighted by Crippen LogP contribution is -2.16. The SMILES string of the molecule is CC(C)(CCCCCc1ccc(CNCCCP(=O)(O)O)cc1Cl)c1ccc(F)cc1. The summed E-state index contributed by atoms with van der Waals surface area (Å²) in [5.74, 6) is -0.196. The molecule has 172 valence electrons. The van der Waals surface area contributed by atoms with Crippen molar-refractivity contribution < 1.29 is 18.7 Å². The fourth-order valence-corrected chi connectivity index (χ4v) is 4.52. The maximum atomic E-state index is 13.1. The molecule has 3 N–H and O–H groups in total. The standard InChI is InChI=1S/C24H34ClFNO3P/c1-24(2,21-10-12-22(26)13-11-21)14-5-3-4-7-20-9-8-19(17-23(20)25)18-27-15-6-16-31(28,29)30/h8-13,17,27H,3-7,14-16,18H2,1-2H3,(H2,28,29,30). The van der Waals surface area contributed by atoms with Gasteiger partial charge in [0.1, 0.15) is 5.82 Å². The molecule has 0 bridgehead atoms. The fraction of sp³-hybridized carbons (Fsp3) is 0.500. The zero-order chi connectivity index (χ0) is 22.9. The largest absolute Gasteiger partial charge is 0.325 e. The van der Waals surface area contributed by atoms with E-state index in [0.717, 1.165) is 48.3 Å². The molecule has 7 heteroatoms. The molecule has 0 amide bonds. The Morgan fingerprint density at radius 2 is 1.74 bits per heavy atom. The van der Waals surface area contributed by atoms with Crippen LogP contribution in [-0.2, 0) is 22.9 Å². The van der Waals surface area contributed by atoms with E-state index in [1.807, 2.05) is 18.2 Å². The molecular weight excluding hydrogens is 436 g/mol. The minimum atomic E-state index is -3.91. The van der Waals surface area contributed by atoms with Gasteiger partial charge in [0.25, 0.3) is 0 Å². The first kappa shape index (κ1) is 26.0. The van der Waals surface area contributed by atoms with Crippen LogP contribution in [0.4, 0.5) is 4.39 Å². The van der Waals surface area contributed by atoms with Crippen LogP contribution in [0.25, 0.3) is 0 Å². The Bertz CT molecular complexity index is 868. The van der Waals surface area contributed by atoms with Crippen LogP contribution in [0.5, 0.6) is 0 Å². The van der Waals surface area contributed by atoms with Crippen molar-refractivity contribution in [2.24, 2.45) is 0 Å². The van der Waals surface area contributed by atoms with E-state index in [-0.39, 0.29) is 17.4 Å². The second-order valence-electron chi connectivity index (χ2n) is 8.80. The van der Waals surface area contributed by atoms with Gasteiger partial charge in [-0.15, -0.1) is 0 Å². The van der Waals surface area contributed by atoms with Gasteiger partial charge in [0.2, 0.25) is 0 Å². The van der Waals surface area contributed by atoms with E-state index in [4.69, 9.17) is 21.4 Å². The summed E-state index contributed by atoms with van der Waals surface area (Å²) in [4.78, 5) is 17.7. The van der Waals surface area contributed by atoms with Crippen molar-refractivity contribution in [1.29, 1.82) is 0 Å². The molecule has 0 heterocycles. The van der Waals surface area contributed by atoms with Crippen molar-refractivity contribution in [2.45, 2.75) is 64.3 Å². The van der Waals surface area contributed by atoms with Crippen LogP contribution in [0, 0.1) is 5.82 Å². The molecule has 4 nitrogen and oxygen atoms in total. The second kappa shape index (κ2) is 12.1. The van der Waals surface area contributed by atoms with E-state index in [1.165, 1.54) is 17.7 Å². The highest BCUT2D eigenvalue weighted by molar-refractivity contribution is 7.51. The molecule has 31 heavy (non-hydrogen) atoms. The summed E-state index contributed by atoms with van der Waals surface area (Å²) in [5, 5.41) is 3.95. The maximum absolute atomic E-state index is 13.1. The number of rotatable bonds is 13. The van der Waals surface area contributed by atoms with E-state index in [1.54, 1.807) is 0 Å². The molecule has 0 saturated heterocycles. The van der Waals surface area contributed by atoms with Gasteiger partial charge in [-0.25, -0.2) is 4.39 Å². The molecule has 2 aromatic carbocycles. The minimum absolute atomic E-state index is 0.0330. The lowest BCUT2D eigenvalue weighted by Gasteiger charge is -2.25. The zero-order valence-corrected chi connectivity index (χ0v) is 20.1. The van der Waals surface area contributed by atoms with Gasteiger partial charge < -0.3 is 15.1 Å². The molecule has 2 rings (SSSR count). The second-order valence-corrected chi connectivity index (χ2v) is 11.0. The predicted octanol–water partition coefficient (Wildman–Crippen LogP) is 6.22. The number of aryl methyl sites for hydroxylation is 1. The molecule has 0 saturated carbocycles. The third-order valence-corrected chi connectivity index (χ3v) is 6.87. The highest BCUT2D eigenvalue weighted by Crippen LogP contribution is 2.34. The number of benzene rings is 2. The van der Waals surface area contributed by atoms with Crippen LogP contribution in [0.3, 0.4) is 0 Å². The Hall–Kier alpha value is -1.23. The summed E-state index contributed by atoms with van der Waals surface area (Å²) in [6, 6.07) is 12.9. The number of unbranched alkanes of at least 4 members (excludes halogenated alkanes) is 2. The van der Waals surface area contributed by atoms with Crippen molar-refractivity contribution in [3.8, 4) is 0 Å². The van der Waals surface area contributed by atoms with Crippen LogP contribution in [-0.4, -0.2) is 22.5 Å². The lowest BCUT2D eigenvalue weighted by atomic mass is 9.80. The number of hydrogen-bond acceptors (Lipinski definition) is 2. The molecule has 2 aromatic rings. The van der Waals surface area contributed by atoms with Crippen molar-refractivity contribution in [3.63, 3.8) is 0 Å². The highest BCUT2D eigenvalue weighted by atomic mass is 35.5. The van der Waals surface area contributed by atoms with Crippen molar-refractivity contribution in [3.05, 3.63) is 70.0 Å². The molecule has 0 aliphatic heterocycles. The first-order chi connectivity index (χ1) is 14.6. The summed E-state index contributed by atoms with van der Waals surface area (Å²) in [6.45, 7) is 5.59. The third-order valence-electron chi connectivity index (χ3n) is 5.62. The van der Waals surface area contributed by atoms with Crippen LogP contribution in [0.1, 0.15) is 62.6 Å². The van der Waals surface area contributed by atoms with Gasteiger partial charge in [0, 0.05) is 11.6 Å². The van der Waals surface area contributed by atoms with E-state index in [2.05, 4.69) is 31.3 Å². The molecule has 0 unspecified atom stereocenters. The van der Waals surface area contributed by atoms with Crippen LogP contribution >= 0.6 is 19.2 Å². The van der Waals surface area contributed by atoms with Crippen molar-refractivity contribution in [1.82, 2.24) is 5.32 Å². The number of nitrogens with one attached hydrogen (secondary N) is 1. The summed E-state index contributed by atoms with van der Waals surface area (Å²) in [5.41, 5.74) is 3.41. The number of hydrogen-bond donors (Lipinski definition) is 3. The zero-order valence-electron chi connectivity index (χ0n) is 18.4. The molecular formula is C24H34ClFNO3P. The summed E-state index contributed by atoms with van der Waals surface area (Å²) in [7, 11) is -3.91. The van der Waals surface area contributed by atoms with E-state index >= 15 is 0 Å². The average Bonchev–Trinajstić information content (AvgIpc) is 2.68. The molecule has 0 aromatic heterocycles. The lowest BCUT2D eigenvalue weighted by molar-refractivity contribution is 0.371. The van der Waals surface area contributed by atoms with E-state index in [9.17, 15) is 8.96 Å².